The molecule has 2 fully saturated rings. The van der Waals surface area contributed by atoms with Crippen LogP contribution < -0.4 is 10.6 Å². The van der Waals surface area contributed by atoms with Gasteiger partial charge in [0.05, 0.1) is 11.1 Å². The minimum Gasteiger partial charge on any atom is -0.464 e. The molecule has 1 unspecified atom stereocenters. The summed E-state index contributed by atoms with van der Waals surface area (Å²) >= 11 is 0. The van der Waals surface area contributed by atoms with Gasteiger partial charge in [-0.1, -0.05) is 25.7 Å². The van der Waals surface area contributed by atoms with Crippen molar-refractivity contribution in [3.63, 3.8) is 0 Å². The van der Waals surface area contributed by atoms with Crippen LogP contribution in [0.25, 0.3) is 0 Å². The summed E-state index contributed by atoms with van der Waals surface area (Å²) in [7, 11) is 0. The predicted molar refractivity (Wildman–Crippen MR) is 138 cm³/mol. The molecule has 0 spiro atoms. The molecular weight excluding hydrogens is 478 g/mol. The monoisotopic (exact) mass is 525 g/mol. The lowest BCUT2D eigenvalue weighted by molar-refractivity contribution is -0.165. The number of piperazine rings is 1. The number of esters is 3. The SMILES string of the molecule is CC1(C)CN(COC(=O)CCCCCCCCC(=O)OCC2(C)COC(=O)C(C)(C)N2)C(=O)C(C)(C)N1. The van der Waals surface area contributed by atoms with Crippen LogP contribution in [0, 0.1) is 0 Å². The summed E-state index contributed by atoms with van der Waals surface area (Å²) in [4.78, 5) is 50.1. The van der Waals surface area contributed by atoms with Gasteiger partial charge in [0.15, 0.2) is 6.73 Å². The number of nitrogens with one attached hydrogen (secondary N) is 2. The van der Waals surface area contributed by atoms with Crippen molar-refractivity contribution in [2.24, 2.45) is 0 Å². The van der Waals surface area contributed by atoms with Crippen molar-refractivity contribution in [2.45, 2.75) is 122 Å². The molecule has 0 aromatic rings. The second kappa shape index (κ2) is 12.6. The van der Waals surface area contributed by atoms with Crippen LogP contribution in [0.2, 0.25) is 0 Å². The van der Waals surface area contributed by atoms with Gasteiger partial charge in [0.1, 0.15) is 18.8 Å². The zero-order chi connectivity index (χ0) is 27.9. The van der Waals surface area contributed by atoms with E-state index in [1.807, 2.05) is 34.6 Å². The number of carbonyl (C=O) groups excluding carboxylic acids is 4. The van der Waals surface area contributed by atoms with Crippen LogP contribution in [-0.2, 0) is 33.4 Å². The lowest BCUT2D eigenvalue weighted by Crippen LogP contribution is -2.69. The molecule has 2 heterocycles. The Balaban J connectivity index is 1.50. The van der Waals surface area contributed by atoms with Crippen LogP contribution in [-0.4, -0.2) is 77.4 Å². The molecule has 10 nitrogen and oxygen atoms in total. The smallest absolute Gasteiger partial charge is 0.325 e. The molecule has 1 atom stereocenters. The predicted octanol–water partition coefficient (Wildman–Crippen LogP) is 2.82. The molecule has 1 amide bonds. The van der Waals surface area contributed by atoms with Gasteiger partial charge >= 0.3 is 17.9 Å². The van der Waals surface area contributed by atoms with Crippen LogP contribution in [0.15, 0.2) is 0 Å². The van der Waals surface area contributed by atoms with E-state index >= 15 is 0 Å². The normalized spacial score (nSPS) is 24.4. The van der Waals surface area contributed by atoms with E-state index in [9.17, 15) is 19.2 Å². The van der Waals surface area contributed by atoms with Crippen LogP contribution in [0.3, 0.4) is 0 Å². The Morgan fingerprint density at radius 1 is 0.811 bits per heavy atom. The Hall–Kier alpha value is -2.20. The van der Waals surface area contributed by atoms with Crippen molar-refractivity contribution in [3.05, 3.63) is 0 Å². The number of morpholine rings is 1. The summed E-state index contributed by atoms with van der Waals surface area (Å²) in [5.41, 5.74) is -2.35. The fraction of sp³-hybridized carbons (Fsp3) is 0.852. The highest BCUT2D eigenvalue weighted by Crippen LogP contribution is 2.23. The molecule has 2 aliphatic rings. The summed E-state index contributed by atoms with van der Waals surface area (Å²) in [6.07, 6.45) is 5.94. The average molecular weight is 526 g/mol. The topological polar surface area (TPSA) is 123 Å². The number of rotatable bonds is 13. The van der Waals surface area contributed by atoms with E-state index in [0.29, 0.717) is 19.4 Å². The van der Waals surface area contributed by atoms with Gasteiger partial charge in [-0.3, -0.25) is 29.8 Å². The van der Waals surface area contributed by atoms with Gasteiger partial charge in [-0.2, -0.15) is 0 Å². The van der Waals surface area contributed by atoms with E-state index in [0.717, 1.165) is 38.5 Å². The molecule has 37 heavy (non-hydrogen) atoms. The summed E-state index contributed by atoms with van der Waals surface area (Å²) in [6.45, 7) is 13.9. The number of ether oxygens (including phenoxy) is 3. The fourth-order valence-corrected chi connectivity index (χ4v) is 5.09. The first-order chi connectivity index (χ1) is 17.1. The van der Waals surface area contributed by atoms with Crippen LogP contribution in [0.4, 0.5) is 0 Å². The maximum Gasteiger partial charge on any atom is 0.325 e. The number of nitrogens with zero attached hydrogens (tertiary/aromatic N) is 1. The third-order valence-electron chi connectivity index (χ3n) is 6.65. The minimum atomic E-state index is -0.811. The van der Waals surface area contributed by atoms with Crippen LogP contribution in [0.5, 0.6) is 0 Å². The van der Waals surface area contributed by atoms with Crippen molar-refractivity contribution in [1.29, 1.82) is 0 Å². The summed E-state index contributed by atoms with van der Waals surface area (Å²) in [5, 5.41) is 6.53. The van der Waals surface area contributed by atoms with Gasteiger partial charge in [0, 0.05) is 24.9 Å². The largest absolute Gasteiger partial charge is 0.464 e. The quantitative estimate of drug-likeness (QED) is 0.212. The highest BCUT2D eigenvalue weighted by Gasteiger charge is 2.44. The van der Waals surface area contributed by atoms with E-state index in [4.69, 9.17) is 14.2 Å². The van der Waals surface area contributed by atoms with Gasteiger partial charge in [-0.05, 0) is 61.3 Å². The molecule has 2 rings (SSSR count). The van der Waals surface area contributed by atoms with Gasteiger partial charge in [0.2, 0.25) is 5.91 Å². The second-order valence-corrected chi connectivity index (χ2v) is 12.5. The van der Waals surface area contributed by atoms with Crippen LogP contribution >= 0.6 is 0 Å². The Bertz CT molecular complexity index is 840. The number of carbonyl (C=O) groups is 4. The zero-order valence-electron chi connectivity index (χ0n) is 23.8. The molecule has 212 valence electrons. The molecule has 0 saturated carbocycles. The van der Waals surface area contributed by atoms with Gasteiger partial charge in [0.25, 0.3) is 0 Å². The summed E-state index contributed by atoms with van der Waals surface area (Å²) < 4.78 is 16.0. The van der Waals surface area contributed by atoms with Crippen molar-refractivity contribution >= 4 is 23.8 Å². The number of hydrogen-bond acceptors (Lipinski definition) is 9. The Morgan fingerprint density at radius 3 is 1.92 bits per heavy atom. The van der Waals surface area contributed by atoms with E-state index in [2.05, 4.69) is 10.6 Å². The average Bonchev–Trinajstić information content (AvgIpc) is 2.77. The lowest BCUT2D eigenvalue weighted by Gasteiger charge is -2.46. The standard InChI is InChI=1S/C27H47N3O7/c1-24(2)16-30(22(33)25(3,4)28-24)19-37-21(32)15-13-11-9-8-10-12-14-20(31)35-17-27(7)18-36-23(34)26(5,6)29-27/h28-29H,8-19H2,1-7H3. The maximum atomic E-state index is 12.6. The number of hydrogen-bond donors (Lipinski definition) is 2. The highest BCUT2D eigenvalue weighted by molar-refractivity contribution is 5.86. The first-order valence-corrected chi connectivity index (χ1v) is 13.4. The zero-order valence-corrected chi connectivity index (χ0v) is 23.8. The van der Waals surface area contributed by atoms with E-state index < -0.39 is 16.6 Å². The molecule has 2 saturated heterocycles. The molecule has 0 bridgehead atoms. The third-order valence-corrected chi connectivity index (χ3v) is 6.65. The van der Waals surface area contributed by atoms with Crippen LogP contribution in [0.1, 0.15) is 99.8 Å². The third kappa shape index (κ3) is 9.89. The van der Waals surface area contributed by atoms with Crippen molar-refractivity contribution in [3.8, 4) is 0 Å². The Labute approximate surface area is 221 Å². The molecule has 0 aromatic carbocycles. The molecule has 0 aromatic heterocycles. The van der Waals surface area contributed by atoms with E-state index in [-0.39, 0.29) is 49.3 Å². The second-order valence-electron chi connectivity index (χ2n) is 12.5. The highest BCUT2D eigenvalue weighted by atomic mass is 16.6. The number of amides is 1. The summed E-state index contributed by atoms with van der Waals surface area (Å²) in [5.74, 6) is -0.926. The first kappa shape index (κ1) is 31.0. The van der Waals surface area contributed by atoms with Gasteiger partial charge < -0.3 is 19.1 Å². The van der Waals surface area contributed by atoms with Crippen molar-refractivity contribution in [1.82, 2.24) is 15.5 Å². The first-order valence-electron chi connectivity index (χ1n) is 13.4. The molecule has 0 aliphatic carbocycles. The number of cyclic esters (lactones) is 1. The fourth-order valence-electron chi connectivity index (χ4n) is 5.09. The van der Waals surface area contributed by atoms with E-state index in [1.54, 1.807) is 18.7 Å². The minimum absolute atomic E-state index is 0.0135. The van der Waals surface area contributed by atoms with E-state index in [1.165, 1.54) is 0 Å². The van der Waals surface area contributed by atoms with Gasteiger partial charge in [-0.15, -0.1) is 0 Å². The lowest BCUT2D eigenvalue weighted by atomic mass is 9.91. The van der Waals surface area contributed by atoms with Gasteiger partial charge in [-0.25, -0.2) is 0 Å². The molecule has 2 aliphatic heterocycles. The molecule has 2 N–H and O–H groups in total. The van der Waals surface area contributed by atoms with Crippen molar-refractivity contribution in [2.75, 3.05) is 26.5 Å². The molecular formula is C27H47N3O7. The number of unbranched alkanes of at least 4 members (excludes halogenated alkanes) is 5. The Kier molecular flexibility index (Phi) is 10.5. The maximum absolute atomic E-state index is 12.6. The molecule has 0 radical (unpaired) electrons. The molecule has 10 heteroatoms. The summed E-state index contributed by atoms with van der Waals surface area (Å²) in [6, 6.07) is 0. The van der Waals surface area contributed by atoms with Crippen molar-refractivity contribution < 1.29 is 33.4 Å². The Morgan fingerprint density at radius 2 is 1.35 bits per heavy atom.